The number of rotatable bonds is 5. The zero-order valence-electron chi connectivity index (χ0n) is 10.7. The minimum atomic E-state index is -3.72. The van der Waals surface area contributed by atoms with Crippen molar-refractivity contribution in [1.82, 2.24) is 4.98 Å². The third-order valence-corrected chi connectivity index (χ3v) is 4.43. The summed E-state index contributed by atoms with van der Waals surface area (Å²) in [7, 11) is -3.72. The number of aromatic nitrogens is 1. The van der Waals surface area contributed by atoms with E-state index in [0.717, 1.165) is 0 Å². The first-order chi connectivity index (χ1) is 9.87. The summed E-state index contributed by atoms with van der Waals surface area (Å²) in [6.45, 7) is 0. The zero-order chi connectivity index (χ0) is 15.5. The number of carbonyl (C=O) groups is 1. The lowest BCUT2D eigenvalue weighted by Gasteiger charge is -2.08. The molecule has 0 aliphatic rings. The molecule has 2 rings (SSSR count). The lowest BCUT2D eigenvalue weighted by atomic mass is 10.2. The normalized spacial score (nSPS) is 11.1. The van der Waals surface area contributed by atoms with Crippen LogP contribution in [0.1, 0.15) is 5.56 Å². The van der Waals surface area contributed by atoms with Gasteiger partial charge in [0.1, 0.15) is 4.60 Å². The first kappa shape index (κ1) is 15.5. The molecule has 2 N–H and O–H groups in total. The maximum atomic E-state index is 12.2. The second-order valence-electron chi connectivity index (χ2n) is 4.19. The first-order valence-electron chi connectivity index (χ1n) is 5.82. The van der Waals surface area contributed by atoms with Gasteiger partial charge in [0.05, 0.1) is 23.2 Å². The molecule has 110 valence electrons. The summed E-state index contributed by atoms with van der Waals surface area (Å²) < 4.78 is 27.3. The van der Waals surface area contributed by atoms with Crippen molar-refractivity contribution in [3.8, 4) is 0 Å². The minimum Gasteiger partial charge on any atom is -0.481 e. The van der Waals surface area contributed by atoms with E-state index in [2.05, 4.69) is 25.6 Å². The van der Waals surface area contributed by atoms with Crippen LogP contribution >= 0.6 is 15.9 Å². The van der Waals surface area contributed by atoms with E-state index >= 15 is 0 Å². The molecule has 2 aromatic rings. The third kappa shape index (κ3) is 4.27. The summed E-state index contributed by atoms with van der Waals surface area (Å²) in [4.78, 5) is 14.6. The standard InChI is InChI=1S/C13H11BrN2O4S/c14-12-6-3-10(8-15-12)16-21(19,20)11-4-1-9(2-5-11)7-13(17)18/h1-6,8,16H,7H2,(H,17,18). The van der Waals surface area contributed by atoms with Gasteiger partial charge < -0.3 is 5.11 Å². The number of carboxylic acid groups (broad SMARTS) is 1. The zero-order valence-corrected chi connectivity index (χ0v) is 13.1. The van der Waals surface area contributed by atoms with Crippen molar-refractivity contribution in [3.05, 3.63) is 52.8 Å². The van der Waals surface area contributed by atoms with Crippen LogP contribution in [0.2, 0.25) is 0 Å². The van der Waals surface area contributed by atoms with Crippen molar-refractivity contribution >= 4 is 37.6 Å². The summed E-state index contributed by atoms with van der Waals surface area (Å²) in [6.07, 6.45) is 1.24. The molecular formula is C13H11BrN2O4S. The predicted octanol–water partition coefficient (Wildman–Crippen LogP) is 2.27. The monoisotopic (exact) mass is 370 g/mol. The van der Waals surface area contributed by atoms with Crippen molar-refractivity contribution in [2.45, 2.75) is 11.3 Å². The number of benzene rings is 1. The third-order valence-electron chi connectivity index (χ3n) is 2.57. The number of hydrogen-bond donors (Lipinski definition) is 2. The summed E-state index contributed by atoms with van der Waals surface area (Å²) >= 11 is 3.16. The molecular weight excluding hydrogens is 360 g/mol. The van der Waals surface area contributed by atoms with Gasteiger partial charge in [-0.25, -0.2) is 13.4 Å². The Morgan fingerprint density at radius 3 is 2.38 bits per heavy atom. The maximum absolute atomic E-state index is 12.2. The molecule has 0 unspecified atom stereocenters. The van der Waals surface area contributed by atoms with E-state index in [9.17, 15) is 13.2 Å². The van der Waals surface area contributed by atoms with E-state index in [4.69, 9.17) is 5.11 Å². The Labute approximate surface area is 130 Å². The molecule has 6 nitrogen and oxygen atoms in total. The fourth-order valence-corrected chi connectivity index (χ4v) is 2.89. The summed E-state index contributed by atoms with van der Waals surface area (Å²) in [6, 6.07) is 8.88. The highest BCUT2D eigenvalue weighted by atomic mass is 79.9. The summed E-state index contributed by atoms with van der Waals surface area (Å²) in [5.74, 6) is -0.968. The highest BCUT2D eigenvalue weighted by molar-refractivity contribution is 9.10. The number of halogens is 1. The van der Waals surface area contributed by atoms with Gasteiger partial charge in [-0.1, -0.05) is 12.1 Å². The summed E-state index contributed by atoms with van der Waals surface area (Å²) in [5.41, 5.74) is 0.875. The molecule has 0 aliphatic carbocycles. The SMILES string of the molecule is O=C(O)Cc1ccc(S(=O)(=O)Nc2ccc(Br)nc2)cc1. The van der Waals surface area contributed by atoms with Gasteiger partial charge in [-0.2, -0.15) is 0 Å². The van der Waals surface area contributed by atoms with Crippen LogP contribution in [0.5, 0.6) is 0 Å². The van der Waals surface area contributed by atoms with Crippen LogP contribution < -0.4 is 4.72 Å². The van der Waals surface area contributed by atoms with Gasteiger partial charge in [0.2, 0.25) is 0 Å². The minimum absolute atomic E-state index is 0.0551. The Bertz CT molecular complexity index is 743. The van der Waals surface area contributed by atoms with Crippen molar-refractivity contribution in [3.63, 3.8) is 0 Å². The van der Waals surface area contributed by atoms with Crippen LogP contribution in [0.3, 0.4) is 0 Å². The molecule has 1 heterocycles. The fraction of sp³-hybridized carbons (Fsp3) is 0.0769. The molecule has 0 radical (unpaired) electrons. The number of nitrogens with one attached hydrogen (secondary N) is 1. The van der Waals surface area contributed by atoms with Crippen molar-refractivity contribution in [2.24, 2.45) is 0 Å². The van der Waals surface area contributed by atoms with E-state index in [1.165, 1.54) is 30.5 Å². The smallest absolute Gasteiger partial charge is 0.307 e. The van der Waals surface area contributed by atoms with Crippen LogP contribution in [0.4, 0.5) is 5.69 Å². The predicted molar refractivity (Wildman–Crippen MR) is 80.5 cm³/mol. The van der Waals surface area contributed by atoms with Crippen molar-refractivity contribution in [2.75, 3.05) is 4.72 Å². The van der Waals surface area contributed by atoms with Crippen LogP contribution in [0.25, 0.3) is 0 Å². The van der Waals surface area contributed by atoms with Crippen LogP contribution in [0.15, 0.2) is 52.1 Å². The van der Waals surface area contributed by atoms with E-state index in [1.54, 1.807) is 12.1 Å². The number of nitrogens with zero attached hydrogens (tertiary/aromatic N) is 1. The van der Waals surface area contributed by atoms with E-state index in [0.29, 0.717) is 15.9 Å². The Hall–Kier alpha value is -1.93. The topological polar surface area (TPSA) is 96.4 Å². The second-order valence-corrected chi connectivity index (χ2v) is 6.68. The Morgan fingerprint density at radius 2 is 1.86 bits per heavy atom. The molecule has 0 amide bonds. The van der Waals surface area contributed by atoms with Crippen molar-refractivity contribution in [1.29, 1.82) is 0 Å². The molecule has 1 aromatic carbocycles. The van der Waals surface area contributed by atoms with Crippen LogP contribution in [-0.4, -0.2) is 24.5 Å². The van der Waals surface area contributed by atoms with Crippen molar-refractivity contribution < 1.29 is 18.3 Å². The number of anilines is 1. The average molecular weight is 371 g/mol. The second kappa shape index (κ2) is 6.23. The molecule has 0 spiro atoms. The number of aliphatic carboxylic acids is 1. The average Bonchev–Trinajstić information content (AvgIpc) is 2.41. The summed E-state index contributed by atoms with van der Waals surface area (Å²) in [5, 5.41) is 8.67. The van der Waals surface area contributed by atoms with Gasteiger partial charge >= 0.3 is 5.97 Å². The quantitative estimate of drug-likeness (QED) is 0.786. The Kier molecular flexibility index (Phi) is 4.59. The van der Waals surface area contributed by atoms with Gasteiger partial charge in [-0.05, 0) is 45.8 Å². The maximum Gasteiger partial charge on any atom is 0.307 e. The Balaban J connectivity index is 2.19. The number of carboxylic acids is 1. The lowest BCUT2D eigenvalue weighted by Crippen LogP contribution is -2.13. The van der Waals surface area contributed by atoms with E-state index < -0.39 is 16.0 Å². The molecule has 1 aromatic heterocycles. The largest absolute Gasteiger partial charge is 0.481 e. The highest BCUT2D eigenvalue weighted by Gasteiger charge is 2.14. The molecule has 0 bridgehead atoms. The Morgan fingerprint density at radius 1 is 1.19 bits per heavy atom. The molecule has 0 saturated heterocycles. The molecule has 21 heavy (non-hydrogen) atoms. The highest BCUT2D eigenvalue weighted by Crippen LogP contribution is 2.17. The van der Waals surface area contributed by atoms with Crippen LogP contribution in [0, 0.1) is 0 Å². The van der Waals surface area contributed by atoms with Gasteiger partial charge in [0.25, 0.3) is 10.0 Å². The number of sulfonamides is 1. The number of hydrogen-bond acceptors (Lipinski definition) is 4. The molecule has 0 fully saturated rings. The lowest BCUT2D eigenvalue weighted by molar-refractivity contribution is -0.136. The molecule has 0 aliphatic heterocycles. The fourth-order valence-electron chi connectivity index (χ4n) is 1.61. The van der Waals surface area contributed by atoms with E-state index in [-0.39, 0.29) is 11.3 Å². The molecule has 0 atom stereocenters. The van der Waals surface area contributed by atoms with Gasteiger partial charge in [0, 0.05) is 0 Å². The molecule has 8 heteroatoms. The molecule has 0 saturated carbocycles. The van der Waals surface area contributed by atoms with Gasteiger partial charge in [0.15, 0.2) is 0 Å². The van der Waals surface area contributed by atoms with Gasteiger partial charge in [-0.15, -0.1) is 0 Å². The van der Waals surface area contributed by atoms with Crippen LogP contribution in [-0.2, 0) is 21.2 Å². The first-order valence-corrected chi connectivity index (χ1v) is 8.09. The van der Waals surface area contributed by atoms with Gasteiger partial charge in [-0.3, -0.25) is 9.52 Å². The van der Waals surface area contributed by atoms with E-state index in [1.807, 2.05) is 0 Å². The number of pyridine rings is 1.